The van der Waals surface area contributed by atoms with Crippen molar-refractivity contribution in [3.63, 3.8) is 0 Å². The van der Waals surface area contributed by atoms with Gasteiger partial charge in [-0.25, -0.2) is 0 Å². The summed E-state index contributed by atoms with van der Waals surface area (Å²) in [5.74, 6) is 0.113. The van der Waals surface area contributed by atoms with Crippen molar-refractivity contribution in [2.45, 2.75) is 19.8 Å². The summed E-state index contributed by atoms with van der Waals surface area (Å²) in [6.07, 6.45) is 3.18. The topological polar surface area (TPSA) is 30.0 Å². The predicted molar refractivity (Wildman–Crippen MR) is 68.1 cm³/mol. The Balaban J connectivity index is 2.08. The van der Waals surface area contributed by atoms with E-state index in [1.165, 1.54) is 5.56 Å². The van der Waals surface area contributed by atoms with Gasteiger partial charge >= 0.3 is 0 Å². The fraction of sp³-hybridized carbons (Fsp3) is 0.200. The summed E-state index contributed by atoms with van der Waals surface area (Å²) in [6, 6.07) is 13.3. The monoisotopic (exact) mass is 225 g/mol. The number of nitrogens with zero attached hydrogens (tertiary/aromatic N) is 1. The molecule has 1 heterocycles. The largest absolute Gasteiger partial charge is 0.294 e. The lowest BCUT2D eigenvalue weighted by Gasteiger charge is -2.02. The molecule has 1 aromatic heterocycles. The zero-order valence-electron chi connectivity index (χ0n) is 9.89. The molecule has 0 spiro atoms. The second kappa shape index (κ2) is 5.39. The maximum absolute atomic E-state index is 11.9. The lowest BCUT2D eigenvalue weighted by Crippen LogP contribution is -2.04. The van der Waals surface area contributed by atoms with Crippen LogP contribution < -0.4 is 0 Å². The molecule has 2 heteroatoms. The Morgan fingerprint density at radius 1 is 1.12 bits per heavy atom. The molecular weight excluding hydrogens is 210 g/mol. The molecule has 0 fully saturated rings. The quantitative estimate of drug-likeness (QED) is 0.748. The number of aryl methyl sites for hydroxylation is 1. The SMILES string of the molecule is CCc1ccc(CC(=O)c2ccccc2)nc1. The highest BCUT2D eigenvalue weighted by molar-refractivity contribution is 5.97. The van der Waals surface area contributed by atoms with E-state index < -0.39 is 0 Å². The van der Waals surface area contributed by atoms with E-state index >= 15 is 0 Å². The van der Waals surface area contributed by atoms with Gasteiger partial charge in [0.05, 0.1) is 6.42 Å². The minimum Gasteiger partial charge on any atom is -0.294 e. The van der Waals surface area contributed by atoms with Crippen LogP contribution in [0.25, 0.3) is 0 Å². The van der Waals surface area contributed by atoms with Crippen molar-refractivity contribution in [1.29, 1.82) is 0 Å². The number of pyridine rings is 1. The van der Waals surface area contributed by atoms with Crippen LogP contribution in [-0.2, 0) is 12.8 Å². The van der Waals surface area contributed by atoms with E-state index in [-0.39, 0.29) is 5.78 Å². The molecule has 0 N–H and O–H groups in total. The molecular formula is C15H15NO. The Kier molecular flexibility index (Phi) is 3.66. The second-order valence-corrected chi connectivity index (χ2v) is 3.98. The number of hydrogen-bond acceptors (Lipinski definition) is 2. The molecule has 0 bridgehead atoms. The lowest BCUT2D eigenvalue weighted by molar-refractivity contribution is 0.0992. The summed E-state index contributed by atoms with van der Waals surface area (Å²) in [5.41, 5.74) is 2.77. The first kappa shape index (κ1) is 11.5. The highest BCUT2D eigenvalue weighted by Crippen LogP contribution is 2.07. The molecule has 0 saturated heterocycles. The third-order valence-electron chi connectivity index (χ3n) is 2.73. The standard InChI is InChI=1S/C15H15NO/c1-2-12-8-9-14(16-11-12)10-15(17)13-6-4-3-5-7-13/h3-9,11H,2,10H2,1H3. The zero-order valence-corrected chi connectivity index (χ0v) is 9.89. The highest BCUT2D eigenvalue weighted by Gasteiger charge is 2.06. The van der Waals surface area contributed by atoms with Crippen molar-refractivity contribution in [3.8, 4) is 0 Å². The van der Waals surface area contributed by atoms with Crippen LogP contribution in [0.2, 0.25) is 0 Å². The minimum absolute atomic E-state index is 0.113. The molecule has 0 aliphatic rings. The Hall–Kier alpha value is -1.96. The Morgan fingerprint density at radius 3 is 2.47 bits per heavy atom. The fourth-order valence-corrected chi connectivity index (χ4v) is 1.66. The van der Waals surface area contributed by atoms with E-state index in [0.29, 0.717) is 6.42 Å². The van der Waals surface area contributed by atoms with Crippen LogP contribution in [0.5, 0.6) is 0 Å². The van der Waals surface area contributed by atoms with Gasteiger partial charge in [0.25, 0.3) is 0 Å². The Morgan fingerprint density at radius 2 is 1.88 bits per heavy atom. The molecule has 0 unspecified atom stereocenters. The van der Waals surface area contributed by atoms with Crippen LogP contribution in [0.4, 0.5) is 0 Å². The molecule has 0 aliphatic carbocycles. The van der Waals surface area contributed by atoms with E-state index in [9.17, 15) is 4.79 Å². The summed E-state index contributed by atoms with van der Waals surface area (Å²) < 4.78 is 0. The molecule has 0 radical (unpaired) electrons. The Labute approximate surface area is 101 Å². The molecule has 0 aliphatic heterocycles. The van der Waals surface area contributed by atoms with Gasteiger partial charge in [0, 0.05) is 17.5 Å². The van der Waals surface area contributed by atoms with Crippen LogP contribution >= 0.6 is 0 Å². The summed E-state index contributed by atoms with van der Waals surface area (Å²) >= 11 is 0. The van der Waals surface area contributed by atoms with Gasteiger partial charge in [-0.2, -0.15) is 0 Å². The van der Waals surface area contributed by atoms with Gasteiger partial charge < -0.3 is 0 Å². The van der Waals surface area contributed by atoms with Crippen molar-refractivity contribution in [3.05, 3.63) is 65.5 Å². The van der Waals surface area contributed by atoms with Crippen molar-refractivity contribution < 1.29 is 4.79 Å². The molecule has 17 heavy (non-hydrogen) atoms. The van der Waals surface area contributed by atoms with Crippen LogP contribution in [0.1, 0.15) is 28.5 Å². The molecule has 2 rings (SSSR count). The van der Waals surface area contributed by atoms with Gasteiger partial charge in [-0.3, -0.25) is 9.78 Å². The third kappa shape index (κ3) is 3.00. The van der Waals surface area contributed by atoms with Gasteiger partial charge in [-0.15, -0.1) is 0 Å². The zero-order chi connectivity index (χ0) is 12.1. The lowest BCUT2D eigenvalue weighted by atomic mass is 10.1. The second-order valence-electron chi connectivity index (χ2n) is 3.98. The number of ketones is 1. The number of Topliss-reactive ketones (excluding diaryl/α,β-unsaturated/α-hetero) is 1. The molecule has 2 nitrogen and oxygen atoms in total. The predicted octanol–water partition coefficient (Wildman–Crippen LogP) is 3.07. The molecule has 1 aromatic carbocycles. The smallest absolute Gasteiger partial charge is 0.168 e. The van der Waals surface area contributed by atoms with Crippen LogP contribution in [0.15, 0.2) is 48.7 Å². The minimum atomic E-state index is 0.113. The summed E-state index contributed by atoms with van der Waals surface area (Å²) in [4.78, 5) is 16.2. The number of benzene rings is 1. The summed E-state index contributed by atoms with van der Waals surface area (Å²) in [7, 11) is 0. The first-order valence-electron chi connectivity index (χ1n) is 5.81. The number of rotatable bonds is 4. The fourth-order valence-electron chi connectivity index (χ4n) is 1.66. The highest BCUT2D eigenvalue weighted by atomic mass is 16.1. The molecule has 2 aromatic rings. The first-order valence-corrected chi connectivity index (χ1v) is 5.81. The van der Waals surface area contributed by atoms with Crippen molar-refractivity contribution in [1.82, 2.24) is 4.98 Å². The number of aromatic nitrogens is 1. The molecule has 0 atom stereocenters. The first-order chi connectivity index (χ1) is 8.29. The molecule has 0 amide bonds. The average Bonchev–Trinajstić information content (AvgIpc) is 2.40. The van der Waals surface area contributed by atoms with Crippen LogP contribution in [0.3, 0.4) is 0 Å². The van der Waals surface area contributed by atoms with Gasteiger partial charge in [-0.05, 0) is 18.1 Å². The van der Waals surface area contributed by atoms with E-state index in [2.05, 4.69) is 11.9 Å². The van der Waals surface area contributed by atoms with Crippen LogP contribution in [-0.4, -0.2) is 10.8 Å². The van der Waals surface area contributed by atoms with Gasteiger partial charge in [0.15, 0.2) is 5.78 Å². The van der Waals surface area contributed by atoms with Gasteiger partial charge in [0.2, 0.25) is 0 Å². The Bertz CT molecular complexity index is 488. The van der Waals surface area contributed by atoms with Crippen LogP contribution in [0, 0.1) is 0 Å². The van der Waals surface area contributed by atoms with Crippen molar-refractivity contribution in [2.75, 3.05) is 0 Å². The van der Waals surface area contributed by atoms with E-state index in [4.69, 9.17) is 0 Å². The number of carbonyl (C=O) groups excluding carboxylic acids is 1. The van der Waals surface area contributed by atoms with Crippen molar-refractivity contribution >= 4 is 5.78 Å². The number of carbonyl (C=O) groups is 1. The molecule has 86 valence electrons. The van der Waals surface area contributed by atoms with Crippen molar-refractivity contribution in [2.24, 2.45) is 0 Å². The van der Waals surface area contributed by atoms with E-state index in [1.54, 1.807) is 0 Å². The summed E-state index contributed by atoms with van der Waals surface area (Å²) in [6.45, 7) is 2.09. The average molecular weight is 225 g/mol. The normalized spacial score (nSPS) is 10.2. The third-order valence-corrected chi connectivity index (χ3v) is 2.73. The maximum Gasteiger partial charge on any atom is 0.168 e. The van der Waals surface area contributed by atoms with E-state index in [1.807, 2.05) is 48.7 Å². The molecule has 0 saturated carbocycles. The summed E-state index contributed by atoms with van der Waals surface area (Å²) in [5, 5.41) is 0. The van der Waals surface area contributed by atoms with E-state index in [0.717, 1.165) is 17.7 Å². The van der Waals surface area contributed by atoms with Gasteiger partial charge in [-0.1, -0.05) is 43.3 Å². The maximum atomic E-state index is 11.9. The van der Waals surface area contributed by atoms with Gasteiger partial charge in [0.1, 0.15) is 0 Å². The number of hydrogen-bond donors (Lipinski definition) is 0.